The lowest BCUT2D eigenvalue weighted by molar-refractivity contribution is -0.141. The van der Waals surface area contributed by atoms with Crippen molar-refractivity contribution in [1.82, 2.24) is 5.32 Å². The normalized spacial score (nSPS) is 23.7. The number of ketones is 1. The molecule has 1 amide bonds. The summed E-state index contributed by atoms with van der Waals surface area (Å²) in [4.78, 5) is 33.7. The van der Waals surface area contributed by atoms with Crippen molar-refractivity contribution in [2.45, 2.75) is 33.1 Å². The number of amides is 1. The molecule has 0 radical (unpaired) electrons. The second kappa shape index (κ2) is 5.80. The van der Waals surface area contributed by atoms with E-state index >= 15 is 0 Å². The van der Waals surface area contributed by atoms with E-state index in [4.69, 9.17) is 5.11 Å². The summed E-state index contributed by atoms with van der Waals surface area (Å²) in [6, 6.07) is 0. The molecule has 17 heavy (non-hydrogen) atoms. The largest absolute Gasteiger partial charge is 0.481 e. The molecule has 0 aromatic rings. The Hall–Kier alpha value is -1.39. The molecule has 1 rings (SSSR count). The maximum atomic E-state index is 11.7. The molecular formula is C12H19NO4. The summed E-state index contributed by atoms with van der Waals surface area (Å²) in [5.74, 6) is -1.79. The molecule has 96 valence electrons. The van der Waals surface area contributed by atoms with Gasteiger partial charge in [0.2, 0.25) is 5.91 Å². The SMILES string of the molecule is CC(C)C(=O)CNC(=O)[C@@H]1CC[C@H](C(=O)O)C1. The fourth-order valence-electron chi connectivity index (χ4n) is 1.97. The Morgan fingerprint density at radius 3 is 2.29 bits per heavy atom. The van der Waals surface area contributed by atoms with Crippen molar-refractivity contribution >= 4 is 17.7 Å². The van der Waals surface area contributed by atoms with Gasteiger partial charge in [0, 0.05) is 11.8 Å². The van der Waals surface area contributed by atoms with Gasteiger partial charge in [0.05, 0.1) is 12.5 Å². The lowest BCUT2D eigenvalue weighted by Crippen LogP contribution is -2.35. The molecule has 5 nitrogen and oxygen atoms in total. The topological polar surface area (TPSA) is 83.5 Å². The van der Waals surface area contributed by atoms with Crippen molar-refractivity contribution in [1.29, 1.82) is 0 Å². The quantitative estimate of drug-likeness (QED) is 0.746. The van der Waals surface area contributed by atoms with Crippen LogP contribution in [0.15, 0.2) is 0 Å². The first-order chi connectivity index (χ1) is 7.91. The van der Waals surface area contributed by atoms with Crippen molar-refractivity contribution in [2.24, 2.45) is 17.8 Å². The highest BCUT2D eigenvalue weighted by molar-refractivity contribution is 5.88. The minimum absolute atomic E-state index is 0.00821. The zero-order chi connectivity index (χ0) is 13.0. The van der Waals surface area contributed by atoms with E-state index in [1.807, 2.05) is 0 Å². The van der Waals surface area contributed by atoms with Crippen molar-refractivity contribution in [3.8, 4) is 0 Å². The van der Waals surface area contributed by atoms with Crippen LogP contribution < -0.4 is 5.32 Å². The van der Waals surface area contributed by atoms with E-state index in [1.54, 1.807) is 13.8 Å². The molecule has 1 fully saturated rings. The van der Waals surface area contributed by atoms with Gasteiger partial charge in [0.15, 0.2) is 5.78 Å². The number of carboxylic acids is 1. The highest BCUT2D eigenvalue weighted by atomic mass is 16.4. The van der Waals surface area contributed by atoms with Crippen LogP contribution in [-0.4, -0.2) is 29.3 Å². The second-order valence-electron chi connectivity index (χ2n) is 4.88. The smallest absolute Gasteiger partial charge is 0.306 e. The lowest BCUT2D eigenvalue weighted by Gasteiger charge is -2.11. The van der Waals surface area contributed by atoms with E-state index in [0.717, 1.165) is 0 Å². The first-order valence-electron chi connectivity index (χ1n) is 5.95. The zero-order valence-electron chi connectivity index (χ0n) is 10.2. The van der Waals surface area contributed by atoms with E-state index in [1.165, 1.54) is 0 Å². The van der Waals surface area contributed by atoms with Crippen LogP contribution in [0.4, 0.5) is 0 Å². The lowest BCUT2D eigenvalue weighted by atomic mass is 10.0. The second-order valence-corrected chi connectivity index (χ2v) is 4.88. The van der Waals surface area contributed by atoms with Crippen LogP contribution in [0, 0.1) is 17.8 Å². The van der Waals surface area contributed by atoms with Gasteiger partial charge in [0.25, 0.3) is 0 Å². The number of nitrogens with one attached hydrogen (secondary N) is 1. The van der Waals surface area contributed by atoms with Crippen LogP contribution in [0.2, 0.25) is 0 Å². The van der Waals surface area contributed by atoms with Gasteiger partial charge in [-0.3, -0.25) is 14.4 Å². The molecule has 0 bridgehead atoms. The maximum absolute atomic E-state index is 11.7. The van der Waals surface area contributed by atoms with Gasteiger partial charge in [-0.2, -0.15) is 0 Å². The van der Waals surface area contributed by atoms with Crippen LogP contribution >= 0.6 is 0 Å². The Morgan fingerprint density at radius 1 is 1.24 bits per heavy atom. The van der Waals surface area contributed by atoms with Crippen molar-refractivity contribution in [3.05, 3.63) is 0 Å². The third-order valence-corrected chi connectivity index (χ3v) is 3.23. The number of Topliss-reactive ketones (excluding diaryl/α,β-unsaturated/α-hetero) is 1. The van der Waals surface area contributed by atoms with Gasteiger partial charge >= 0.3 is 5.97 Å². The molecule has 1 aliphatic carbocycles. The molecule has 0 spiro atoms. The maximum Gasteiger partial charge on any atom is 0.306 e. The number of rotatable bonds is 5. The summed E-state index contributed by atoms with van der Waals surface area (Å²) in [6.45, 7) is 3.61. The summed E-state index contributed by atoms with van der Waals surface area (Å²) < 4.78 is 0. The highest BCUT2D eigenvalue weighted by Crippen LogP contribution is 2.30. The van der Waals surface area contributed by atoms with Crippen LogP contribution in [0.25, 0.3) is 0 Å². The third kappa shape index (κ3) is 3.84. The number of carbonyl (C=O) groups excluding carboxylic acids is 2. The molecule has 5 heteroatoms. The van der Waals surface area contributed by atoms with E-state index < -0.39 is 11.9 Å². The molecule has 0 aliphatic heterocycles. The zero-order valence-corrected chi connectivity index (χ0v) is 10.2. The van der Waals surface area contributed by atoms with Gasteiger partial charge in [-0.1, -0.05) is 13.8 Å². The number of carboxylic acid groups (broad SMARTS) is 1. The van der Waals surface area contributed by atoms with Crippen LogP contribution in [0.3, 0.4) is 0 Å². The van der Waals surface area contributed by atoms with E-state index in [9.17, 15) is 14.4 Å². The molecule has 2 N–H and O–H groups in total. The molecule has 0 aromatic heterocycles. The standard InChI is InChI=1S/C12H19NO4/c1-7(2)10(14)6-13-11(15)8-3-4-9(5-8)12(16)17/h7-9H,3-6H2,1-2H3,(H,13,15)(H,16,17)/t8-,9+/m1/s1. The van der Waals surface area contributed by atoms with Crippen molar-refractivity contribution in [2.75, 3.05) is 6.54 Å². The average molecular weight is 241 g/mol. The third-order valence-electron chi connectivity index (χ3n) is 3.23. The average Bonchev–Trinajstić information content (AvgIpc) is 2.74. The Balaban J connectivity index is 2.35. The fraction of sp³-hybridized carbons (Fsp3) is 0.750. The summed E-state index contributed by atoms with van der Waals surface area (Å²) >= 11 is 0. The summed E-state index contributed by atoms with van der Waals surface area (Å²) in [5, 5.41) is 11.4. The van der Waals surface area contributed by atoms with E-state index in [0.29, 0.717) is 19.3 Å². The molecule has 0 saturated heterocycles. The van der Waals surface area contributed by atoms with Crippen molar-refractivity contribution < 1.29 is 19.5 Å². The first kappa shape index (κ1) is 13.7. The van der Waals surface area contributed by atoms with Crippen LogP contribution in [0.5, 0.6) is 0 Å². The predicted molar refractivity (Wildman–Crippen MR) is 61.3 cm³/mol. The molecule has 1 aliphatic rings. The number of hydrogen-bond acceptors (Lipinski definition) is 3. The van der Waals surface area contributed by atoms with E-state index in [-0.39, 0.29) is 30.1 Å². The molecule has 1 saturated carbocycles. The number of carbonyl (C=O) groups is 3. The molecule has 0 unspecified atom stereocenters. The minimum Gasteiger partial charge on any atom is -0.481 e. The minimum atomic E-state index is -0.835. The van der Waals surface area contributed by atoms with Crippen LogP contribution in [0.1, 0.15) is 33.1 Å². The Bertz CT molecular complexity index is 324. The summed E-state index contributed by atoms with van der Waals surface area (Å²) in [5.41, 5.74) is 0. The molecule has 0 aromatic carbocycles. The van der Waals surface area contributed by atoms with E-state index in [2.05, 4.69) is 5.32 Å². The highest BCUT2D eigenvalue weighted by Gasteiger charge is 2.33. The van der Waals surface area contributed by atoms with Gasteiger partial charge < -0.3 is 10.4 Å². The monoisotopic (exact) mass is 241 g/mol. The molecule has 0 heterocycles. The van der Waals surface area contributed by atoms with Gasteiger partial charge in [0.1, 0.15) is 0 Å². The summed E-state index contributed by atoms with van der Waals surface area (Å²) in [7, 11) is 0. The molecular weight excluding hydrogens is 222 g/mol. The number of hydrogen-bond donors (Lipinski definition) is 2. The first-order valence-corrected chi connectivity index (χ1v) is 5.95. The molecule has 2 atom stereocenters. The van der Waals surface area contributed by atoms with Gasteiger partial charge in [-0.15, -0.1) is 0 Å². The Morgan fingerprint density at radius 2 is 1.82 bits per heavy atom. The van der Waals surface area contributed by atoms with Crippen molar-refractivity contribution in [3.63, 3.8) is 0 Å². The summed E-state index contributed by atoms with van der Waals surface area (Å²) in [6.07, 6.45) is 1.53. The van der Waals surface area contributed by atoms with Crippen LogP contribution in [-0.2, 0) is 14.4 Å². The van der Waals surface area contributed by atoms with Gasteiger partial charge in [-0.05, 0) is 19.3 Å². The predicted octanol–water partition coefficient (Wildman–Crippen LogP) is 0.829. The number of aliphatic carboxylic acids is 1. The Labute approximate surface area is 101 Å². The Kier molecular flexibility index (Phi) is 4.66. The fourth-order valence-corrected chi connectivity index (χ4v) is 1.97. The van der Waals surface area contributed by atoms with Gasteiger partial charge in [-0.25, -0.2) is 0 Å².